The highest BCUT2D eigenvalue weighted by atomic mass is 32.2. The van der Waals surface area contributed by atoms with Crippen molar-refractivity contribution in [2.45, 2.75) is 38.5 Å². The van der Waals surface area contributed by atoms with Crippen molar-refractivity contribution in [2.24, 2.45) is 0 Å². The maximum absolute atomic E-state index is 11.3. The smallest absolute Gasteiger partial charge is 0.246 e. The molecule has 0 aromatic heterocycles. The highest BCUT2D eigenvalue weighted by Gasteiger charge is 2.16. The van der Waals surface area contributed by atoms with Crippen LogP contribution in [0.15, 0.2) is 0 Å². The molecular weight excluding hydrogens is 198 g/mol. The van der Waals surface area contributed by atoms with Gasteiger partial charge in [-0.3, -0.25) is 4.79 Å². The second-order valence-corrected chi connectivity index (χ2v) is 5.61. The van der Waals surface area contributed by atoms with Crippen LogP contribution in [-0.2, 0) is 9.53 Å². The maximum Gasteiger partial charge on any atom is 0.246 e. The van der Waals surface area contributed by atoms with E-state index >= 15 is 0 Å². The van der Waals surface area contributed by atoms with E-state index in [0.717, 1.165) is 0 Å². The summed E-state index contributed by atoms with van der Waals surface area (Å²) in [5.74, 6) is -0.0409. The molecule has 0 heterocycles. The van der Waals surface area contributed by atoms with E-state index < -0.39 is 0 Å². The molecule has 14 heavy (non-hydrogen) atoms. The number of thioether (sulfide) groups is 1. The van der Waals surface area contributed by atoms with E-state index in [0.29, 0.717) is 6.54 Å². The van der Waals surface area contributed by atoms with Crippen molar-refractivity contribution in [3.8, 4) is 0 Å². The van der Waals surface area contributed by atoms with Crippen LogP contribution in [0.1, 0.15) is 27.7 Å². The van der Waals surface area contributed by atoms with Crippen molar-refractivity contribution in [1.29, 1.82) is 0 Å². The van der Waals surface area contributed by atoms with Gasteiger partial charge in [0.15, 0.2) is 0 Å². The Bertz CT molecular complexity index is 181. The van der Waals surface area contributed by atoms with Gasteiger partial charge in [0.25, 0.3) is 0 Å². The molecule has 0 fully saturated rings. The highest BCUT2D eigenvalue weighted by Crippen LogP contribution is 2.19. The van der Waals surface area contributed by atoms with Crippen molar-refractivity contribution < 1.29 is 9.53 Å². The molecule has 84 valence electrons. The predicted molar refractivity (Wildman–Crippen MR) is 61.7 cm³/mol. The van der Waals surface area contributed by atoms with Gasteiger partial charge in [-0.25, -0.2) is 0 Å². The summed E-state index contributed by atoms with van der Waals surface area (Å²) in [6.07, 6.45) is 2.14. The van der Waals surface area contributed by atoms with Crippen LogP contribution in [0.3, 0.4) is 0 Å². The van der Waals surface area contributed by atoms with Crippen molar-refractivity contribution in [3.63, 3.8) is 0 Å². The van der Waals surface area contributed by atoms with Gasteiger partial charge in [-0.05, 0) is 34.0 Å². The number of rotatable bonds is 6. The normalized spacial score (nSPS) is 11.9. The fraction of sp³-hybridized carbons (Fsp3) is 0.900. The molecule has 0 aliphatic carbocycles. The van der Waals surface area contributed by atoms with E-state index in [1.807, 2.05) is 20.1 Å². The lowest BCUT2D eigenvalue weighted by atomic mass is 10.2. The largest absolute Gasteiger partial charge is 0.369 e. The number of carbonyl (C=O) groups is 1. The van der Waals surface area contributed by atoms with Gasteiger partial charge in [0.2, 0.25) is 5.91 Å². The lowest BCUT2D eigenvalue weighted by Crippen LogP contribution is -2.38. The first-order valence-electron chi connectivity index (χ1n) is 4.81. The molecule has 0 aromatic rings. The van der Waals surface area contributed by atoms with Crippen LogP contribution < -0.4 is 5.32 Å². The van der Waals surface area contributed by atoms with E-state index in [4.69, 9.17) is 4.74 Å². The van der Waals surface area contributed by atoms with Gasteiger partial charge in [-0.1, -0.05) is 0 Å². The van der Waals surface area contributed by atoms with Gasteiger partial charge in [-0.2, -0.15) is 11.8 Å². The van der Waals surface area contributed by atoms with Crippen LogP contribution in [0.5, 0.6) is 0 Å². The lowest BCUT2D eigenvalue weighted by molar-refractivity contribution is -0.127. The van der Waals surface area contributed by atoms with Crippen LogP contribution in [0.4, 0.5) is 0 Å². The molecule has 0 aliphatic heterocycles. The summed E-state index contributed by atoms with van der Waals surface area (Å²) in [5, 5.41) is 2.84. The van der Waals surface area contributed by atoms with Crippen LogP contribution in [0, 0.1) is 0 Å². The average molecular weight is 219 g/mol. The van der Waals surface area contributed by atoms with E-state index in [1.165, 1.54) is 0 Å². The fourth-order valence-electron chi connectivity index (χ4n) is 0.677. The van der Waals surface area contributed by atoms with Crippen molar-refractivity contribution >= 4 is 17.7 Å². The monoisotopic (exact) mass is 219 g/mol. The quantitative estimate of drug-likeness (QED) is 0.738. The summed E-state index contributed by atoms with van der Waals surface area (Å²) in [6, 6.07) is 0. The van der Waals surface area contributed by atoms with E-state index in [1.54, 1.807) is 11.8 Å². The highest BCUT2D eigenvalue weighted by molar-refractivity contribution is 7.99. The Kier molecular flexibility index (Phi) is 6.20. The zero-order valence-electron chi connectivity index (χ0n) is 9.72. The molecule has 0 saturated heterocycles. The summed E-state index contributed by atoms with van der Waals surface area (Å²) >= 11 is 1.74. The Hall–Kier alpha value is -0.220. The molecule has 0 atom stereocenters. The predicted octanol–water partition coefficient (Wildman–Crippen LogP) is 1.67. The number of ether oxygens (including phenoxy) is 1. The Morgan fingerprint density at radius 1 is 1.50 bits per heavy atom. The van der Waals surface area contributed by atoms with Crippen LogP contribution >= 0.6 is 11.8 Å². The van der Waals surface area contributed by atoms with Crippen molar-refractivity contribution in [3.05, 3.63) is 0 Å². The molecular formula is C10H21NO2S. The molecule has 3 nitrogen and oxygen atoms in total. The third kappa shape index (κ3) is 7.21. The number of amides is 1. The molecule has 1 amide bonds. The Balaban J connectivity index is 3.64. The van der Waals surface area contributed by atoms with E-state index in [9.17, 15) is 4.79 Å². The molecule has 0 unspecified atom stereocenters. The molecule has 0 bridgehead atoms. The molecule has 4 heteroatoms. The Morgan fingerprint density at radius 3 is 2.50 bits per heavy atom. The zero-order chi connectivity index (χ0) is 11.2. The number of hydrogen-bond donors (Lipinski definition) is 1. The summed E-state index contributed by atoms with van der Waals surface area (Å²) in [4.78, 5) is 11.3. The second kappa shape index (κ2) is 6.30. The topological polar surface area (TPSA) is 38.3 Å². The molecule has 0 saturated carbocycles. The number of hydrogen-bond acceptors (Lipinski definition) is 3. The molecule has 0 aliphatic rings. The average Bonchev–Trinajstić information content (AvgIpc) is 2.11. The third-order valence-electron chi connectivity index (χ3n) is 1.81. The molecule has 1 N–H and O–H groups in total. The molecule has 0 spiro atoms. The third-order valence-corrected chi connectivity index (χ3v) is 3.06. The summed E-state index contributed by atoms with van der Waals surface area (Å²) < 4.78 is 5.27. The Morgan fingerprint density at radius 2 is 2.07 bits per heavy atom. The summed E-state index contributed by atoms with van der Waals surface area (Å²) in [7, 11) is 0. The minimum atomic E-state index is -0.0409. The SMILES string of the molecule is CSC(C)(C)CNC(=O)COC(C)C. The number of nitrogens with one attached hydrogen (secondary N) is 1. The Labute approximate surface area is 91.0 Å². The van der Waals surface area contributed by atoms with Crippen LogP contribution in [0.2, 0.25) is 0 Å². The number of carbonyl (C=O) groups excluding carboxylic acids is 1. The minimum absolute atomic E-state index is 0.0409. The molecule has 0 radical (unpaired) electrons. The lowest BCUT2D eigenvalue weighted by Gasteiger charge is -2.22. The summed E-state index contributed by atoms with van der Waals surface area (Å²) in [5.41, 5.74) is 0. The standard InChI is InChI=1S/C10H21NO2S/c1-8(2)13-6-9(12)11-7-10(3,4)14-5/h8H,6-7H2,1-5H3,(H,11,12). The van der Waals surface area contributed by atoms with Crippen LogP contribution in [0.25, 0.3) is 0 Å². The van der Waals surface area contributed by atoms with Gasteiger partial charge >= 0.3 is 0 Å². The van der Waals surface area contributed by atoms with Crippen molar-refractivity contribution in [2.75, 3.05) is 19.4 Å². The van der Waals surface area contributed by atoms with E-state index in [-0.39, 0.29) is 23.4 Å². The van der Waals surface area contributed by atoms with Crippen molar-refractivity contribution in [1.82, 2.24) is 5.32 Å². The van der Waals surface area contributed by atoms with E-state index in [2.05, 4.69) is 19.2 Å². The van der Waals surface area contributed by atoms with Gasteiger partial charge in [0.05, 0.1) is 6.10 Å². The molecule has 0 aromatic carbocycles. The first kappa shape index (κ1) is 13.8. The first-order valence-corrected chi connectivity index (χ1v) is 6.03. The first-order chi connectivity index (χ1) is 6.37. The summed E-state index contributed by atoms with van der Waals surface area (Å²) in [6.45, 7) is 8.86. The maximum atomic E-state index is 11.3. The van der Waals surface area contributed by atoms with Gasteiger partial charge in [0, 0.05) is 11.3 Å². The van der Waals surface area contributed by atoms with Gasteiger partial charge in [0.1, 0.15) is 6.61 Å². The zero-order valence-corrected chi connectivity index (χ0v) is 10.5. The second-order valence-electron chi connectivity index (χ2n) is 4.10. The van der Waals surface area contributed by atoms with Gasteiger partial charge < -0.3 is 10.1 Å². The minimum Gasteiger partial charge on any atom is -0.369 e. The van der Waals surface area contributed by atoms with Crippen LogP contribution in [-0.4, -0.2) is 36.2 Å². The fourth-order valence-corrected chi connectivity index (χ4v) is 0.894. The molecule has 0 rings (SSSR count). The van der Waals surface area contributed by atoms with Gasteiger partial charge in [-0.15, -0.1) is 0 Å².